The summed E-state index contributed by atoms with van der Waals surface area (Å²) in [6.07, 6.45) is 3.06. The van der Waals surface area contributed by atoms with Crippen LogP contribution >= 0.6 is 0 Å². The summed E-state index contributed by atoms with van der Waals surface area (Å²) in [6, 6.07) is -0.413. The Balaban J connectivity index is 2.34. The summed E-state index contributed by atoms with van der Waals surface area (Å²) in [4.78, 5) is 15.5. The van der Waals surface area contributed by atoms with Gasteiger partial charge in [0.05, 0.1) is 6.10 Å². The summed E-state index contributed by atoms with van der Waals surface area (Å²) in [6.45, 7) is 6.07. The second kappa shape index (κ2) is 6.34. The lowest BCUT2D eigenvalue weighted by molar-refractivity contribution is -0.124. The van der Waals surface area contributed by atoms with Gasteiger partial charge in [-0.3, -0.25) is 4.79 Å². The molecule has 0 fully saturated rings. The van der Waals surface area contributed by atoms with Gasteiger partial charge in [0.25, 0.3) is 0 Å². The third kappa shape index (κ3) is 4.52. The van der Waals surface area contributed by atoms with Crippen LogP contribution in [0.1, 0.15) is 33.2 Å². The molecule has 2 N–H and O–H groups in total. The zero-order valence-electron chi connectivity index (χ0n) is 10.5. The molecule has 1 amide bonds. The fourth-order valence-corrected chi connectivity index (χ4v) is 1.53. The van der Waals surface area contributed by atoms with Crippen molar-refractivity contribution in [1.82, 2.24) is 20.1 Å². The Bertz CT molecular complexity index is 337. The first-order chi connectivity index (χ1) is 8.00. The van der Waals surface area contributed by atoms with Crippen LogP contribution in [0, 0.1) is 5.92 Å². The molecule has 1 rings (SSSR count). The molecule has 1 aromatic rings. The number of nitrogens with zero attached hydrogens (tertiary/aromatic N) is 3. The molecule has 0 radical (unpaired) electrons. The molecule has 1 aromatic heterocycles. The maximum Gasteiger partial charge on any atom is 0.244 e. The zero-order chi connectivity index (χ0) is 12.8. The smallest absolute Gasteiger partial charge is 0.244 e. The molecule has 17 heavy (non-hydrogen) atoms. The molecular weight excluding hydrogens is 220 g/mol. The number of carbonyl (C=O) groups is 1. The third-order valence-corrected chi connectivity index (χ3v) is 2.47. The molecule has 0 aliphatic rings. The van der Waals surface area contributed by atoms with Crippen molar-refractivity contribution in [2.24, 2.45) is 5.92 Å². The maximum absolute atomic E-state index is 11.7. The first-order valence-electron chi connectivity index (χ1n) is 5.80. The number of rotatable bonds is 6. The summed E-state index contributed by atoms with van der Waals surface area (Å²) in [5.74, 6) is 0.243. The second-order valence-electron chi connectivity index (χ2n) is 4.58. The van der Waals surface area contributed by atoms with Crippen LogP contribution < -0.4 is 5.32 Å². The number of hydrogen-bond acceptors (Lipinski definition) is 4. The topological polar surface area (TPSA) is 80.0 Å². The van der Waals surface area contributed by atoms with Crippen molar-refractivity contribution < 1.29 is 9.90 Å². The van der Waals surface area contributed by atoms with Gasteiger partial charge in [0, 0.05) is 6.54 Å². The number of aromatic nitrogens is 3. The predicted molar refractivity (Wildman–Crippen MR) is 63.2 cm³/mol. The minimum atomic E-state index is -0.498. The predicted octanol–water partition coefficient (Wildman–Crippen LogP) is 0.362. The Hall–Kier alpha value is -1.43. The lowest BCUT2D eigenvalue weighted by atomic mass is 10.1. The summed E-state index contributed by atoms with van der Waals surface area (Å²) in [7, 11) is 0. The molecule has 0 saturated heterocycles. The average molecular weight is 240 g/mol. The molecule has 0 aliphatic carbocycles. The van der Waals surface area contributed by atoms with Crippen LogP contribution in [0.5, 0.6) is 0 Å². The highest BCUT2D eigenvalue weighted by molar-refractivity contribution is 5.79. The average Bonchev–Trinajstić information content (AvgIpc) is 2.77. The molecule has 6 nitrogen and oxygen atoms in total. The van der Waals surface area contributed by atoms with Crippen molar-refractivity contribution in [2.75, 3.05) is 6.54 Å². The van der Waals surface area contributed by atoms with E-state index in [0.29, 0.717) is 12.3 Å². The highest BCUT2D eigenvalue weighted by Gasteiger charge is 2.16. The van der Waals surface area contributed by atoms with E-state index in [9.17, 15) is 9.90 Å². The Kier molecular flexibility index (Phi) is 5.09. The van der Waals surface area contributed by atoms with Gasteiger partial charge in [-0.25, -0.2) is 9.67 Å². The van der Waals surface area contributed by atoms with E-state index < -0.39 is 12.1 Å². The van der Waals surface area contributed by atoms with Gasteiger partial charge in [-0.2, -0.15) is 5.10 Å². The van der Waals surface area contributed by atoms with Gasteiger partial charge in [-0.15, -0.1) is 0 Å². The Morgan fingerprint density at radius 3 is 2.71 bits per heavy atom. The molecule has 0 bridgehead atoms. The summed E-state index contributed by atoms with van der Waals surface area (Å²) < 4.78 is 1.48. The fraction of sp³-hybridized carbons (Fsp3) is 0.727. The molecule has 0 saturated carbocycles. The molecule has 0 aromatic carbocycles. The van der Waals surface area contributed by atoms with Crippen LogP contribution in [0.3, 0.4) is 0 Å². The van der Waals surface area contributed by atoms with Crippen LogP contribution in [0.2, 0.25) is 0 Å². The maximum atomic E-state index is 11.7. The van der Waals surface area contributed by atoms with Gasteiger partial charge in [0.1, 0.15) is 18.7 Å². The first-order valence-corrected chi connectivity index (χ1v) is 5.80. The molecule has 1 heterocycles. The van der Waals surface area contributed by atoms with E-state index in [1.807, 2.05) is 13.8 Å². The molecular formula is C11H20N4O2. The number of hydrogen-bond donors (Lipinski definition) is 2. The van der Waals surface area contributed by atoms with Gasteiger partial charge in [0.15, 0.2) is 0 Å². The summed E-state index contributed by atoms with van der Waals surface area (Å²) in [5.41, 5.74) is 0. The molecule has 2 unspecified atom stereocenters. The van der Waals surface area contributed by atoms with Crippen molar-refractivity contribution in [1.29, 1.82) is 0 Å². The van der Waals surface area contributed by atoms with Gasteiger partial charge in [-0.1, -0.05) is 13.8 Å². The SMILES string of the molecule is CC(C)CC(O)CNC(=O)C(C)n1cncn1. The van der Waals surface area contributed by atoms with Gasteiger partial charge in [0.2, 0.25) is 5.91 Å². The van der Waals surface area contributed by atoms with E-state index in [2.05, 4.69) is 15.4 Å². The number of nitrogens with one attached hydrogen (secondary N) is 1. The standard InChI is InChI=1S/C11H20N4O2/c1-8(2)4-10(16)5-13-11(17)9(3)15-7-12-6-14-15/h6-10,16H,4-5H2,1-3H3,(H,13,17). The van der Waals surface area contributed by atoms with Crippen molar-refractivity contribution in [2.45, 2.75) is 39.3 Å². The van der Waals surface area contributed by atoms with Crippen molar-refractivity contribution in [3.8, 4) is 0 Å². The first kappa shape index (κ1) is 13.6. The number of carbonyl (C=O) groups excluding carboxylic acids is 1. The zero-order valence-corrected chi connectivity index (χ0v) is 10.5. The van der Waals surface area contributed by atoms with Crippen LogP contribution in [-0.4, -0.2) is 38.4 Å². The Morgan fingerprint density at radius 2 is 2.18 bits per heavy atom. The second-order valence-corrected chi connectivity index (χ2v) is 4.58. The molecule has 96 valence electrons. The van der Waals surface area contributed by atoms with Crippen LogP contribution in [0.4, 0.5) is 0 Å². The van der Waals surface area contributed by atoms with Gasteiger partial charge in [-0.05, 0) is 19.3 Å². The van der Waals surface area contributed by atoms with E-state index in [1.54, 1.807) is 6.92 Å². The molecule has 0 aliphatic heterocycles. The highest BCUT2D eigenvalue weighted by Crippen LogP contribution is 2.05. The van der Waals surface area contributed by atoms with Crippen molar-refractivity contribution >= 4 is 5.91 Å². The largest absolute Gasteiger partial charge is 0.391 e. The van der Waals surface area contributed by atoms with E-state index in [-0.39, 0.29) is 12.5 Å². The Morgan fingerprint density at radius 1 is 1.47 bits per heavy atom. The fourth-order valence-electron chi connectivity index (χ4n) is 1.53. The van der Waals surface area contributed by atoms with Crippen LogP contribution in [0.15, 0.2) is 12.7 Å². The van der Waals surface area contributed by atoms with Crippen LogP contribution in [-0.2, 0) is 4.79 Å². The van der Waals surface area contributed by atoms with Crippen molar-refractivity contribution in [3.63, 3.8) is 0 Å². The van der Waals surface area contributed by atoms with E-state index in [1.165, 1.54) is 17.3 Å². The van der Waals surface area contributed by atoms with Crippen molar-refractivity contribution in [3.05, 3.63) is 12.7 Å². The lowest BCUT2D eigenvalue weighted by Crippen LogP contribution is -2.37. The van der Waals surface area contributed by atoms with E-state index in [0.717, 1.165) is 0 Å². The lowest BCUT2D eigenvalue weighted by Gasteiger charge is -2.16. The quantitative estimate of drug-likeness (QED) is 0.752. The summed E-state index contributed by atoms with van der Waals surface area (Å²) >= 11 is 0. The highest BCUT2D eigenvalue weighted by atomic mass is 16.3. The summed E-state index contributed by atoms with van der Waals surface area (Å²) in [5, 5.41) is 16.2. The van der Waals surface area contributed by atoms with Gasteiger partial charge >= 0.3 is 0 Å². The molecule has 6 heteroatoms. The Labute approximate surface area is 101 Å². The number of amides is 1. The third-order valence-electron chi connectivity index (χ3n) is 2.47. The minimum Gasteiger partial charge on any atom is -0.391 e. The molecule has 2 atom stereocenters. The minimum absolute atomic E-state index is 0.168. The van der Waals surface area contributed by atoms with Crippen LogP contribution in [0.25, 0.3) is 0 Å². The normalized spacial score (nSPS) is 14.6. The number of aliphatic hydroxyl groups excluding tert-OH is 1. The monoisotopic (exact) mass is 240 g/mol. The number of aliphatic hydroxyl groups is 1. The van der Waals surface area contributed by atoms with E-state index in [4.69, 9.17) is 0 Å². The molecule has 0 spiro atoms. The van der Waals surface area contributed by atoms with E-state index >= 15 is 0 Å². The van der Waals surface area contributed by atoms with Gasteiger partial charge < -0.3 is 10.4 Å².